The van der Waals surface area contributed by atoms with Crippen LogP contribution in [0.2, 0.25) is 0 Å². The van der Waals surface area contributed by atoms with E-state index in [0.717, 1.165) is 17.5 Å². The second-order valence-electron chi connectivity index (χ2n) is 7.47. The summed E-state index contributed by atoms with van der Waals surface area (Å²) in [4.78, 5) is 27.5. The summed E-state index contributed by atoms with van der Waals surface area (Å²) in [5, 5.41) is 0. The maximum Gasteiger partial charge on any atom is 0.340 e. The van der Waals surface area contributed by atoms with Gasteiger partial charge in [-0.2, -0.15) is 0 Å². The number of amides is 1. The Morgan fingerprint density at radius 2 is 1.72 bits per heavy atom. The summed E-state index contributed by atoms with van der Waals surface area (Å²) in [7, 11) is 1.31. The van der Waals surface area contributed by atoms with Crippen molar-refractivity contribution in [1.29, 1.82) is 0 Å². The van der Waals surface area contributed by atoms with Crippen LogP contribution < -0.4 is 14.4 Å². The van der Waals surface area contributed by atoms with Gasteiger partial charge in [0.25, 0.3) is 5.91 Å². The minimum atomic E-state index is -0.551. The van der Waals surface area contributed by atoms with Gasteiger partial charge in [0.1, 0.15) is 0 Å². The van der Waals surface area contributed by atoms with E-state index in [1.807, 2.05) is 63.2 Å². The fraction of sp³-hybridized carbons (Fsp3) is 0.308. The van der Waals surface area contributed by atoms with Crippen LogP contribution in [-0.4, -0.2) is 32.2 Å². The van der Waals surface area contributed by atoms with Crippen molar-refractivity contribution in [3.8, 4) is 11.5 Å². The quantitative estimate of drug-likeness (QED) is 0.428. The van der Waals surface area contributed by atoms with Gasteiger partial charge in [-0.05, 0) is 63.1 Å². The van der Waals surface area contributed by atoms with Gasteiger partial charge in [-0.3, -0.25) is 9.69 Å². The zero-order valence-electron chi connectivity index (χ0n) is 19.2. The topological polar surface area (TPSA) is 65.1 Å². The van der Waals surface area contributed by atoms with Crippen molar-refractivity contribution in [1.82, 2.24) is 0 Å². The minimum absolute atomic E-state index is 0.252. The number of nitrogens with zero attached hydrogens (tertiary/aromatic N) is 1. The van der Waals surface area contributed by atoms with E-state index in [4.69, 9.17) is 14.2 Å². The van der Waals surface area contributed by atoms with E-state index in [-0.39, 0.29) is 17.1 Å². The van der Waals surface area contributed by atoms with Crippen molar-refractivity contribution in [2.45, 2.75) is 34.1 Å². The zero-order chi connectivity index (χ0) is 23.3. The van der Waals surface area contributed by atoms with Gasteiger partial charge < -0.3 is 14.2 Å². The van der Waals surface area contributed by atoms with E-state index < -0.39 is 5.97 Å². The summed E-state index contributed by atoms with van der Waals surface area (Å²) in [6, 6.07) is 13.1. The molecule has 0 spiro atoms. The first-order valence-electron chi connectivity index (χ1n) is 10.7. The third-order valence-corrected chi connectivity index (χ3v) is 5.12. The molecule has 0 aromatic heterocycles. The predicted octanol–water partition coefficient (Wildman–Crippen LogP) is 5.06. The highest BCUT2D eigenvalue weighted by molar-refractivity contribution is 6.23. The molecule has 1 aliphatic heterocycles. The maximum absolute atomic E-state index is 13.4. The molecule has 0 unspecified atom stereocenters. The summed E-state index contributed by atoms with van der Waals surface area (Å²) >= 11 is 0. The van der Waals surface area contributed by atoms with Crippen molar-refractivity contribution in [2.75, 3.05) is 25.2 Å². The Morgan fingerprint density at radius 3 is 2.34 bits per heavy atom. The van der Waals surface area contributed by atoms with Crippen molar-refractivity contribution in [2.24, 2.45) is 0 Å². The number of carbonyl (C=O) groups is 2. The molecule has 6 nitrogen and oxygen atoms in total. The Balaban J connectivity index is 2.06. The highest BCUT2D eigenvalue weighted by Gasteiger charge is 2.37. The number of allylic oxidation sites excluding steroid dienone is 1. The SMILES string of the molecule is CCCOc1ccc(/C=C2\C(=O)N(c3ccc(C)cc3)C(C)=C2C(=O)OC)cc1OCC. The average molecular weight is 436 g/mol. The number of anilines is 1. The molecule has 0 bridgehead atoms. The summed E-state index contributed by atoms with van der Waals surface area (Å²) in [5.74, 6) is 0.409. The average Bonchev–Trinajstić information content (AvgIpc) is 3.03. The molecule has 168 valence electrons. The Bertz CT molecular complexity index is 1070. The second-order valence-corrected chi connectivity index (χ2v) is 7.47. The fourth-order valence-electron chi connectivity index (χ4n) is 3.57. The molecule has 0 radical (unpaired) electrons. The molecule has 0 atom stereocenters. The third kappa shape index (κ3) is 4.69. The predicted molar refractivity (Wildman–Crippen MR) is 125 cm³/mol. The molecule has 0 N–H and O–H groups in total. The highest BCUT2D eigenvalue weighted by Crippen LogP contribution is 2.36. The van der Waals surface area contributed by atoms with E-state index >= 15 is 0 Å². The van der Waals surface area contributed by atoms with Crippen LogP contribution in [0.25, 0.3) is 6.08 Å². The first-order valence-corrected chi connectivity index (χ1v) is 10.7. The molecule has 0 saturated heterocycles. The van der Waals surface area contributed by atoms with Crippen molar-refractivity contribution in [3.63, 3.8) is 0 Å². The summed E-state index contributed by atoms with van der Waals surface area (Å²) < 4.78 is 16.5. The maximum atomic E-state index is 13.4. The van der Waals surface area contributed by atoms with Crippen molar-refractivity contribution < 1.29 is 23.8 Å². The smallest absolute Gasteiger partial charge is 0.340 e. The number of rotatable bonds is 8. The molecule has 0 saturated carbocycles. The second kappa shape index (κ2) is 10.2. The fourth-order valence-corrected chi connectivity index (χ4v) is 3.57. The third-order valence-electron chi connectivity index (χ3n) is 5.12. The first kappa shape index (κ1) is 23.1. The van der Waals surface area contributed by atoms with Gasteiger partial charge in [-0.25, -0.2) is 4.79 Å². The molecule has 1 amide bonds. The molecule has 3 rings (SSSR count). The van der Waals surface area contributed by atoms with Gasteiger partial charge in [0.2, 0.25) is 0 Å². The Hall–Kier alpha value is -3.54. The molecule has 0 aliphatic carbocycles. The molecule has 0 fully saturated rings. The number of methoxy groups -OCH3 is 1. The van der Waals surface area contributed by atoms with Crippen LogP contribution in [-0.2, 0) is 14.3 Å². The lowest BCUT2D eigenvalue weighted by molar-refractivity contribution is -0.136. The molecule has 1 heterocycles. The van der Waals surface area contributed by atoms with E-state index in [0.29, 0.717) is 36.1 Å². The number of esters is 1. The Morgan fingerprint density at radius 1 is 1.00 bits per heavy atom. The number of ether oxygens (including phenoxy) is 3. The summed E-state index contributed by atoms with van der Waals surface area (Å²) in [6.07, 6.45) is 2.58. The standard InChI is InChI=1S/C26H29NO5/c1-6-14-32-22-13-10-19(16-23(22)31-7-2)15-21-24(26(29)30-5)18(4)27(25(21)28)20-11-8-17(3)9-12-20/h8-13,15-16H,6-7,14H2,1-5H3/b21-15-. The highest BCUT2D eigenvalue weighted by atomic mass is 16.5. The monoisotopic (exact) mass is 435 g/mol. The number of hydrogen-bond acceptors (Lipinski definition) is 5. The number of hydrogen-bond donors (Lipinski definition) is 0. The molecule has 1 aliphatic rings. The van der Waals surface area contributed by atoms with E-state index in [1.54, 1.807) is 17.9 Å². The van der Waals surface area contributed by atoms with Gasteiger partial charge in [-0.1, -0.05) is 30.7 Å². The molecular formula is C26H29NO5. The molecular weight excluding hydrogens is 406 g/mol. The van der Waals surface area contributed by atoms with Crippen LogP contribution in [0.1, 0.15) is 38.3 Å². The Kier molecular flexibility index (Phi) is 7.36. The summed E-state index contributed by atoms with van der Waals surface area (Å²) in [6.45, 7) is 8.73. The molecule has 2 aromatic rings. The van der Waals surface area contributed by atoms with Crippen molar-refractivity contribution >= 4 is 23.6 Å². The van der Waals surface area contributed by atoms with Gasteiger partial charge >= 0.3 is 5.97 Å². The van der Waals surface area contributed by atoms with E-state index in [2.05, 4.69) is 0 Å². The van der Waals surface area contributed by atoms with Crippen LogP contribution >= 0.6 is 0 Å². The minimum Gasteiger partial charge on any atom is -0.490 e. The molecule has 32 heavy (non-hydrogen) atoms. The largest absolute Gasteiger partial charge is 0.490 e. The van der Waals surface area contributed by atoms with Crippen molar-refractivity contribution in [3.05, 3.63) is 70.4 Å². The van der Waals surface area contributed by atoms with Gasteiger partial charge in [0.15, 0.2) is 11.5 Å². The van der Waals surface area contributed by atoms with Crippen LogP contribution in [0.15, 0.2) is 59.3 Å². The van der Waals surface area contributed by atoms with Gasteiger partial charge in [-0.15, -0.1) is 0 Å². The van der Waals surface area contributed by atoms with Crippen LogP contribution in [0.3, 0.4) is 0 Å². The number of aryl methyl sites for hydroxylation is 1. The van der Waals surface area contributed by atoms with Crippen LogP contribution in [0.4, 0.5) is 5.69 Å². The zero-order valence-corrected chi connectivity index (χ0v) is 19.2. The lowest BCUT2D eigenvalue weighted by Crippen LogP contribution is -2.24. The lowest BCUT2D eigenvalue weighted by Gasteiger charge is -2.18. The summed E-state index contributed by atoms with van der Waals surface area (Å²) in [5.41, 5.74) is 3.56. The van der Waals surface area contributed by atoms with Gasteiger partial charge in [0.05, 0.1) is 31.5 Å². The Labute approximate surface area is 189 Å². The molecule has 2 aromatic carbocycles. The number of benzene rings is 2. The van der Waals surface area contributed by atoms with Crippen LogP contribution in [0.5, 0.6) is 11.5 Å². The van der Waals surface area contributed by atoms with Crippen LogP contribution in [0, 0.1) is 6.92 Å². The first-order chi connectivity index (χ1) is 15.4. The van der Waals surface area contributed by atoms with E-state index in [1.165, 1.54) is 7.11 Å². The van der Waals surface area contributed by atoms with Gasteiger partial charge in [0, 0.05) is 11.4 Å². The number of carbonyl (C=O) groups excluding carboxylic acids is 2. The van der Waals surface area contributed by atoms with E-state index in [9.17, 15) is 9.59 Å². The molecule has 6 heteroatoms. The lowest BCUT2D eigenvalue weighted by atomic mass is 10.0. The normalized spacial score (nSPS) is 14.8.